The Kier molecular flexibility index (Phi) is 4.14. The average Bonchev–Trinajstić information content (AvgIpc) is 1.68. The minimum absolute atomic E-state index is 0.106. The maximum Gasteiger partial charge on any atom is 0.123 e. The standard InChI is InChI=1S/C4H9NOS/c1-4(2-6)3-7-5/h2,4H,3,5H2,1H3. The van der Waals surface area contributed by atoms with Crippen molar-refractivity contribution in [1.82, 2.24) is 0 Å². The van der Waals surface area contributed by atoms with Crippen molar-refractivity contribution in [3.05, 3.63) is 0 Å². The highest BCUT2D eigenvalue weighted by Crippen LogP contribution is 1.95. The quantitative estimate of drug-likeness (QED) is 0.432. The molecule has 0 aromatic rings. The molecular formula is C4H9NOS. The molecule has 0 saturated heterocycles. The summed E-state index contributed by atoms with van der Waals surface area (Å²) in [6.45, 7) is 1.84. The van der Waals surface area contributed by atoms with E-state index < -0.39 is 0 Å². The molecule has 42 valence electrons. The van der Waals surface area contributed by atoms with Gasteiger partial charge in [0.15, 0.2) is 0 Å². The second-order valence-corrected chi connectivity index (χ2v) is 2.11. The molecule has 0 radical (unpaired) electrons. The van der Waals surface area contributed by atoms with Gasteiger partial charge in [0.25, 0.3) is 0 Å². The van der Waals surface area contributed by atoms with Gasteiger partial charge in [0.1, 0.15) is 6.29 Å². The fraction of sp³-hybridized carbons (Fsp3) is 0.750. The summed E-state index contributed by atoms with van der Waals surface area (Å²) >= 11 is 1.20. The van der Waals surface area contributed by atoms with Gasteiger partial charge < -0.3 is 4.79 Å². The highest BCUT2D eigenvalue weighted by Gasteiger charge is 1.94. The molecule has 0 spiro atoms. The normalized spacial score (nSPS) is 13.4. The lowest BCUT2D eigenvalue weighted by Gasteiger charge is -1.94. The topological polar surface area (TPSA) is 43.1 Å². The number of carbonyl (C=O) groups excluding carboxylic acids is 1. The maximum atomic E-state index is 9.83. The van der Waals surface area contributed by atoms with Crippen molar-refractivity contribution in [3.8, 4) is 0 Å². The smallest absolute Gasteiger partial charge is 0.123 e. The van der Waals surface area contributed by atoms with E-state index in [1.54, 1.807) is 0 Å². The van der Waals surface area contributed by atoms with Crippen molar-refractivity contribution in [1.29, 1.82) is 0 Å². The zero-order chi connectivity index (χ0) is 5.70. The summed E-state index contributed by atoms with van der Waals surface area (Å²) in [5, 5.41) is 5.06. The van der Waals surface area contributed by atoms with Gasteiger partial charge in [-0.05, 0) is 0 Å². The monoisotopic (exact) mass is 119 g/mol. The third kappa shape index (κ3) is 3.82. The van der Waals surface area contributed by atoms with Gasteiger partial charge in [-0.3, -0.25) is 5.14 Å². The van der Waals surface area contributed by atoms with Crippen molar-refractivity contribution in [3.63, 3.8) is 0 Å². The van der Waals surface area contributed by atoms with Crippen molar-refractivity contribution in [2.45, 2.75) is 6.92 Å². The lowest BCUT2D eigenvalue weighted by Crippen LogP contribution is -2.00. The first kappa shape index (κ1) is 6.98. The van der Waals surface area contributed by atoms with E-state index in [0.717, 1.165) is 12.0 Å². The van der Waals surface area contributed by atoms with E-state index >= 15 is 0 Å². The van der Waals surface area contributed by atoms with Crippen LogP contribution in [0.1, 0.15) is 6.92 Å². The first-order valence-electron chi connectivity index (χ1n) is 2.08. The molecule has 2 nitrogen and oxygen atoms in total. The summed E-state index contributed by atoms with van der Waals surface area (Å²) < 4.78 is 0. The Balaban J connectivity index is 2.98. The predicted molar refractivity (Wildman–Crippen MR) is 31.9 cm³/mol. The Bertz CT molecular complexity index is 57.7. The predicted octanol–water partition coefficient (Wildman–Crippen LogP) is 0.428. The Labute approximate surface area is 47.6 Å². The SMILES string of the molecule is CC(C=O)CSN. The maximum absolute atomic E-state index is 9.83. The number of rotatable bonds is 3. The van der Waals surface area contributed by atoms with Gasteiger partial charge >= 0.3 is 0 Å². The van der Waals surface area contributed by atoms with Crippen molar-refractivity contribution in [2.75, 3.05) is 5.75 Å². The summed E-state index contributed by atoms with van der Waals surface area (Å²) in [6.07, 6.45) is 0.903. The van der Waals surface area contributed by atoms with Crippen LogP contribution in [0.2, 0.25) is 0 Å². The van der Waals surface area contributed by atoms with E-state index in [1.165, 1.54) is 11.9 Å². The molecule has 0 bridgehead atoms. The zero-order valence-corrected chi connectivity index (χ0v) is 5.07. The van der Waals surface area contributed by atoms with Gasteiger partial charge in [0.05, 0.1) is 0 Å². The molecule has 1 atom stereocenters. The van der Waals surface area contributed by atoms with Gasteiger partial charge in [-0.25, -0.2) is 0 Å². The summed E-state index contributed by atoms with van der Waals surface area (Å²) in [5.41, 5.74) is 0. The molecule has 0 fully saturated rings. The molecule has 0 aliphatic carbocycles. The van der Waals surface area contributed by atoms with Crippen LogP contribution in [0.15, 0.2) is 0 Å². The minimum atomic E-state index is 0.106. The van der Waals surface area contributed by atoms with Crippen LogP contribution in [0.25, 0.3) is 0 Å². The van der Waals surface area contributed by atoms with Crippen LogP contribution in [0.3, 0.4) is 0 Å². The second-order valence-electron chi connectivity index (χ2n) is 1.45. The molecule has 0 amide bonds. The molecular weight excluding hydrogens is 110 g/mol. The van der Waals surface area contributed by atoms with Crippen LogP contribution in [-0.4, -0.2) is 12.0 Å². The highest BCUT2D eigenvalue weighted by molar-refractivity contribution is 7.97. The largest absolute Gasteiger partial charge is 0.303 e. The van der Waals surface area contributed by atoms with Crippen LogP contribution >= 0.6 is 11.9 Å². The molecule has 3 heteroatoms. The van der Waals surface area contributed by atoms with Gasteiger partial charge in [0.2, 0.25) is 0 Å². The van der Waals surface area contributed by atoms with E-state index in [9.17, 15) is 4.79 Å². The molecule has 1 unspecified atom stereocenters. The fourth-order valence-electron chi connectivity index (χ4n) is 0.191. The van der Waals surface area contributed by atoms with E-state index in [1.807, 2.05) is 6.92 Å². The molecule has 0 saturated carbocycles. The Morgan fingerprint density at radius 1 is 2.00 bits per heavy atom. The first-order valence-corrected chi connectivity index (χ1v) is 3.13. The van der Waals surface area contributed by atoms with Gasteiger partial charge in [-0.15, -0.1) is 0 Å². The Hall–Kier alpha value is -0.0200. The number of nitrogens with two attached hydrogens (primary N) is 1. The van der Waals surface area contributed by atoms with E-state index in [0.29, 0.717) is 0 Å². The van der Waals surface area contributed by atoms with Crippen LogP contribution in [0.5, 0.6) is 0 Å². The van der Waals surface area contributed by atoms with E-state index in [-0.39, 0.29) is 5.92 Å². The molecule has 7 heavy (non-hydrogen) atoms. The van der Waals surface area contributed by atoms with Crippen molar-refractivity contribution < 1.29 is 4.79 Å². The average molecular weight is 119 g/mol. The number of hydrogen-bond acceptors (Lipinski definition) is 3. The molecule has 0 aromatic heterocycles. The third-order valence-electron chi connectivity index (χ3n) is 0.591. The van der Waals surface area contributed by atoms with E-state index in [2.05, 4.69) is 0 Å². The van der Waals surface area contributed by atoms with Crippen molar-refractivity contribution >= 4 is 18.2 Å². The van der Waals surface area contributed by atoms with Crippen LogP contribution < -0.4 is 5.14 Å². The summed E-state index contributed by atoms with van der Waals surface area (Å²) in [4.78, 5) is 9.83. The summed E-state index contributed by atoms with van der Waals surface area (Å²) in [7, 11) is 0. The third-order valence-corrected chi connectivity index (χ3v) is 1.31. The molecule has 0 aliphatic heterocycles. The first-order chi connectivity index (χ1) is 3.31. The van der Waals surface area contributed by atoms with Gasteiger partial charge in [-0.1, -0.05) is 18.9 Å². The van der Waals surface area contributed by atoms with Gasteiger partial charge in [-0.2, -0.15) is 0 Å². The van der Waals surface area contributed by atoms with E-state index in [4.69, 9.17) is 5.14 Å². The second kappa shape index (κ2) is 4.15. The zero-order valence-electron chi connectivity index (χ0n) is 4.26. The lowest BCUT2D eigenvalue weighted by molar-refractivity contribution is -0.110. The van der Waals surface area contributed by atoms with Crippen molar-refractivity contribution in [2.24, 2.45) is 11.1 Å². The molecule has 2 N–H and O–H groups in total. The van der Waals surface area contributed by atoms with Crippen LogP contribution in [0.4, 0.5) is 0 Å². The lowest BCUT2D eigenvalue weighted by atomic mass is 10.3. The van der Waals surface area contributed by atoms with Crippen LogP contribution in [0, 0.1) is 5.92 Å². The molecule has 0 aromatic carbocycles. The molecule has 0 aliphatic rings. The van der Waals surface area contributed by atoms with Crippen LogP contribution in [-0.2, 0) is 4.79 Å². The molecule has 0 rings (SSSR count). The number of carbonyl (C=O) groups is 1. The number of aldehydes is 1. The fourth-order valence-corrected chi connectivity index (χ4v) is 0.573. The summed E-state index contributed by atoms with van der Waals surface area (Å²) in [6, 6.07) is 0. The van der Waals surface area contributed by atoms with Gasteiger partial charge in [0, 0.05) is 11.7 Å². The minimum Gasteiger partial charge on any atom is -0.303 e. The number of hydrogen-bond donors (Lipinski definition) is 1. The Morgan fingerprint density at radius 3 is 2.71 bits per heavy atom. The summed E-state index contributed by atoms with van der Waals surface area (Å²) in [5.74, 6) is 0.832. The highest BCUT2D eigenvalue weighted by atomic mass is 32.2. The molecule has 0 heterocycles. The Morgan fingerprint density at radius 2 is 2.57 bits per heavy atom.